The molecule has 15 heteroatoms. The molecule has 0 aliphatic carbocycles. The third-order valence-corrected chi connectivity index (χ3v) is 14.5. The zero-order valence-electron chi connectivity index (χ0n) is 42.4. The highest BCUT2D eigenvalue weighted by Gasteiger charge is 2.38. The molecule has 12 rings (SSSR count). The van der Waals surface area contributed by atoms with Crippen molar-refractivity contribution in [2.45, 2.75) is 25.5 Å². The molecule has 4 heterocycles. The summed E-state index contributed by atoms with van der Waals surface area (Å²) in [4.78, 5) is 41.4. The number of anilines is 2. The average molecular weight is 1110 g/mol. The Balaban J connectivity index is 0.000000168. The number of nitrogens with zero attached hydrogens (tertiary/aromatic N) is 4. The first-order chi connectivity index (χ1) is 37.4. The molecule has 2 saturated heterocycles. The number of carbonyl (C=O) groups excluding carboxylic acids is 3. The van der Waals surface area contributed by atoms with Crippen molar-refractivity contribution in [1.29, 1.82) is 5.26 Å². The molecule has 8 aromatic carbocycles. The molecular formula is C62H55Cl4N5O6. The van der Waals surface area contributed by atoms with Crippen LogP contribution in [-0.4, -0.2) is 80.2 Å². The van der Waals surface area contributed by atoms with E-state index in [1.807, 2.05) is 70.5 Å². The number of hydrogen-bond donors (Lipinski definition) is 1. The Morgan fingerprint density at radius 2 is 1.05 bits per heavy atom. The highest BCUT2D eigenvalue weighted by molar-refractivity contribution is 6.61. The monoisotopic (exact) mass is 1110 g/mol. The molecule has 1 N–H and O–H groups in total. The topological polar surface area (TPSA) is 124 Å². The summed E-state index contributed by atoms with van der Waals surface area (Å²) in [6, 6.07) is 60.0. The van der Waals surface area contributed by atoms with Crippen LogP contribution in [0.1, 0.15) is 31.0 Å². The van der Waals surface area contributed by atoms with Gasteiger partial charge in [0.05, 0.1) is 33.5 Å². The quantitative estimate of drug-likeness (QED) is 0.105. The Kier molecular flexibility index (Phi) is 18.0. The summed E-state index contributed by atoms with van der Waals surface area (Å²) in [5.74, 6) is 2.23. The van der Waals surface area contributed by atoms with Gasteiger partial charge in [-0.25, -0.2) is 4.79 Å². The van der Waals surface area contributed by atoms with Crippen molar-refractivity contribution in [3.05, 3.63) is 191 Å². The van der Waals surface area contributed by atoms with Gasteiger partial charge in [0, 0.05) is 80.8 Å². The molecule has 0 radical (unpaired) electrons. The van der Waals surface area contributed by atoms with Crippen molar-refractivity contribution >= 4 is 96.6 Å². The molecule has 8 aromatic rings. The number of hydrogen-bond acceptors (Lipinski definition) is 9. The maximum Gasteiger partial charge on any atom is 0.405 e. The van der Waals surface area contributed by atoms with Gasteiger partial charge in [0.15, 0.2) is 18.8 Å². The molecule has 0 aromatic heterocycles. The average Bonchev–Trinajstić information content (AvgIpc) is 3.41. The van der Waals surface area contributed by atoms with Gasteiger partial charge in [0.25, 0.3) is 11.8 Å². The number of ether oxygens (including phenoxy) is 3. The fraction of sp³-hybridized carbons (Fsp3) is 0.226. The lowest BCUT2D eigenvalue weighted by molar-refractivity contribution is -0.122. The number of rotatable bonds is 10. The number of likely N-dealkylation sites (tertiary alicyclic amines) is 1. The number of fused-ring (bicyclic) bond motifs is 4. The van der Waals surface area contributed by atoms with E-state index in [9.17, 15) is 14.4 Å². The van der Waals surface area contributed by atoms with Crippen LogP contribution in [-0.2, 0) is 14.3 Å². The van der Waals surface area contributed by atoms with Crippen molar-refractivity contribution in [1.82, 2.24) is 10.2 Å². The van der Waals surface area contributed by atoms with E-state index in [-0.39, 0.29) is 31.1 Å². The molecule has 0 spiro atoms. The predicted molar refractivity (Wildman–Crippen MR) is 310 cm³/mol. The van der Waals surface area contributed by atoms with Crippen molar-refractivity contribution in [2.24, 2.45) is 11.8 Å². The van der Waals surface area contributed by atoms with Crippen molar-refractivity contribution in [3.8, 4) is 39.8 Å². The molecular weight excluding hydrogens is 1050 g/mol. The summed E-state index contributed by atoms with van der Waals surface area (Å²) in [6.07, 6.45) is 0. The lowest BCUT2D eigenvalue weighted by Gasteiger charge is -2.46. The van der Waals surface area contributed by atoms with E-state index in [1.54, 1.807) is 6.07 Å². The van der Waals surface area contributed by atoms with E-state index in [0.717, 1.165) is 76.0 Å². The van der Waals surface area contributed by atoms with Gasteiger partial charge in [0.1, 0.15) is 11.5 Å². The van der Waals surface area contributed by atoms with Crippen LogP contribution in [0.5, 0.6) is 11.5 Å². The second-order valence-corrected chi connectivity index (χ2v) is 20.7. The Morgan fingerprint density at radius 3 is 1.45 bits per heavy atom. The van der Waals surface area contributed by atoms with Gasteiger partial charge < -0.3 is 29.3 Å². The first-order valence-corrected chi connectivity index (χ1v) is 26.8. The van der Waals surface area contributed by atoms with Crippen LogP contribution in [0, 0.1) is 23.2 Å². The number of nitrogens with one attached hydrogen (secondary N) is 1. The molecule has 392 valence electrons. The summed E-state index contributed by atoms with van der Waals surface area (Å²) >= 11 is 23.5. The maximum absolute atomic E-state index is 13.1. The Labute approximate surface area is 468 Å². The predicted octanol–water partition coefficient (Wildman–Crippen LogP) is 14.2. The first kappa shape index (κ1) is 54.6. The summed E-state index contributed by atoms with van der Waals surface area (Å²) < 4.78 is 15.8. The standard InChI is InChI=1S/C35H29ClN2O2.C22H19ClN2O2.C3H4Cl2O2.C2H3N/c36-31-19-32-33(18-30(31)29-17-9-15-25-10-7-8-16-28(25)29)40-23-34(39)38(32)22-24-20-37(21-24)35(26-11-3-1-4-12-26)27-13-5-2-6-14-27;23-19-9-20-21(27-13-22(26)25(20)12-14-10-24-11-14)8-18(19)17-7-3-5-15-4-1-2-6-16(15)17;1-2(4)7-3(5)6;1-2-3/h1-19,24,35H,20-23H2;1-9,14,24H,10-13H2;2H,1H3;1H3. The Bertz CT molecular complexity index is 3390. The zero-order valence-corrected chi connectivity index (χ0v) is 45.4. The smallest absolute Gasteiger partial charge is 0.405 e. The van der Waals surface area contributed by atoms with Gasteiger partial charge in [-0.1, -0.05) is 180 Å². The fourth-order valence-corrected chi connectivity index (χ4v) is 10.9. The van der Waals surface area contributed by atoms with Crippen LogP contribution in [0.25, 0.3) is 43.8 Å². The summed E-state index contributed by atoms with van der Waals surface area (Å²) in [6.45, 7) is 8.11. The van der Waals surface area contributed by atoms with E-state index in [1.165, 1.54) is 30.4 Å². The number of nitriles is 1. The maximum atomic E-state index is 13.1. The molecule has 0 saturated carbocycles. The molecule has 1 unspecified atom stereocenters. The van der Waals surface area contributed by atoms with E-state index < -0.39 is 11.0 Å². The minimum Gasteiger partial charge on any atom is -0.482 e. The van der Waals surface area contributed by atoms with Crippen molar-refractivity contribution in [3.63, 3.8) is 0 Å². The summed E-state index contributed by atoms with van der Waals surface area (Å²) in [5.41, 5.74) is 6.55. The Hall–Kier alpha value is -7.14. The fourth-order valence-electron chi connectivity index (χ4n) is 10.1. The molecule has 4 aliphatic rings. The van der Waals surface area contributed by atoms with E-state index in [4.69, 9.17) is 61.1 Å². The van der Waals surface area contributed by atoms with E-state index >= 15 is 0 Å². The highest BCUT2D eigenvalue weighted by atomic mass is 35.5. The van der Waals surface area contributed by atoms with Gasteiger partial charge in [-0.2, -0.15) is 5.26 Å². The van der Waals surface area contributed by atoms with Gasteiger partial charge in [-0.15, -0.1) is 0 Å². The first-order valence-electron chi connectivity index (χ1n) is 25.3. The highest BCUT2D eigenvalue weighted by Crippen LogP contribution is 2.45. The molecule has 2 amide bonds. The van der Waals surface area contributed by atoms with Crippen LogP contribution in [0.3, 0.4) is 0 Å². The third kappa shape index (κ3) is 12.8. The summed E-state index contributed by atoms with van der Waals surface area (Å²) in [7, 11) is 0. The zero-order chi connectivity index (χ0) is 54.0. The van der Waals surface area contributed by atoms with Crippen molar-refractivity contribution in [2.75, 3.05) is 62.3 Å². The second kappa shape index (κ2) is 25.3. The van der Waals surface area contributed by atoms with Gasteiger partial charge in [-0.05, 0) is 75.0 Å². The lowest BCUT2D eigenvalue weighted by atomic mass is 9.89. The van der Waals surface area contributed by atoms with E-state index in [2.05, 4.69) is 124 Å². The lowest BCUT2D eigenvalue weighted by Crippen LogP contribution is -2.54. The van der Waals surface area contributed by atoms with Gasteiger partial charge in [0.2, 0.25) is 0 Å². The van der Waals surface area contributed by atoms with Crippen LogP contribution in [0.15, 0.2) is 170 Å². The Morgan fingerprint density at radius 1 is 0.636 bits per heavy atom. The number of alkyl halides is 1. The second-order valence-electron chi connectivity index (χ2n) is 18.9. The van der Waals surface area contributed by atoms with Crippen LogP contribution >= 0.6 is 46.4 Å². The number of amides is 2. The van der Waals surface area contributed by atoms with Crippen LogP contribution < -0.4 is 24.6 Å². The van der Waals surface area contributed by atoms with E-state index in [0.29, 0.717) is 46.5 Å². The van der Waals surface area contributed by atoms with Crippen LogP contribution in [0.2, 0.25) is 10.0 Å². The third-order valence-electron chi connectivity index (χ3n) is 13.7. The van der Waals surface area contributed by atoms with Crippen LogP contribution in [0.4, 0.5) is 16.2 Å². The number of carbonyl (C=O) groups is 3. The normalized spacial score (nSPS) is 15.3. The minimum absolute atomic E-state index is 0.0108. The molecule has 11 nitrogen and oxygen atoms in total. The molecule has 77 heavy (non-hydrogen) atoms. The number of halogens is 4. The minimum atomic E-state index is -0.873. The van der Waals surface area contributed by atoms with Gasteiger partial charge in [-0.3, -0.25) is 14.5 Å². The van der Waals surface area contributed by atoms with Crippen molar-refractivity contribution < 1.29 is 28.6 Å². The number of benzene rings is 8. The SMILES string of the molecule is CC#N.CC(Cl)OC(=O)Cl.O=C1COc2cc(-c3cccc4ccccc34)c(Cl)cc2N1CC1CN(C(c2ccccc2)c2ccccc2)C1.O=C1COc2cc(-c3cccc4ccccc34)c(Cl)cc2N1CC1CNC1. The molecule has 0 bridgehead atoms. The van der Waals surface area contributed by atoms with Gasteiger partial charge >= 0.3 is 5.43 Å². The largest absolute Gasteiger partial charge is 0.482 e. The summed E-state index contributed by atoms with van der Waals surface area (Å²) in [5, 5.41) is 16.4. The molecule has 2 fully saturated rings. The molecule has 1 atom stereocenters. The molecule has 4 aliphatic heterocycles.